The highest BCUT2D eigenvalue weighted by Crippen LogP contribution is 2.19. The molecular formula is C12H15BrN2O2. The number of hydrogen-bond donors (Lipinski definition) is 1. The molecule has 2 heterocycles. The molecule has 0 aliphatic carbocycles. The van der Waals surface area contributed by atoms with Gasteiger partial charge in [0.25, 0.3) is 0 Å². The van der Waals surface area contributed by atoms with Crippen molar-refractivity contribution in [3.8, 4) is 0 Å². The van der Waals surface area contributed by atoms with E-state index in [2.05, 4.69) is 26.2 Å². The predicted molar refractivity (Wildman–Crippen MR) is 68.9 cm³/mol. The molecule has 0 spiro atoms. The van der Waals surface area contributed by atoms with Gasteiger partial charge >= 0.3 is 0 Å². The summed E-state index contributed by atoms with van der Waals surface area (Å²) < 4.78 is 6.22. The second-order valence-corrected chi connectivity index (χ2v) is 4.97. The molecule has 1 saturated heterocycles. The SMILES string of the molecule is Cc1cc(NC(=O)CC2CCCO2)cnc1Br. The minimum absolute atomic E-state index is 0.0135. The number of aryl methyl sites for hydroxylation is 1. The van der Waals surface area contributed by atoms with E-state index >= 15 is 0 Å². The summed E-state index contributed by atoms with van der Waals surface area (Å²) in [6, 6.07) is 1.89. The maximum absolute atomic E-state index is 11.7. The summed E-state index contributed by atoms with van der Waals surface area (Å²) >= 11 is 3.32. The van der Waals surface area contributed by atoms with Crippen molar-refractivity contribution in [2.75, 3.05) is 11.9 Å². The summed E-state index contributed by atoms with van der Waals surface area (Å²) in [5.74, 6) is -0.0135. The summed E-state index contributed by atoms with van der Waals surface area (Å²) in [6.07, 6.45) is 4.18. The number of amides is 1. The molecular weight excluding hydrogens is 284 g/mol. The summed E-state index contributed by atoms with van der Waals surface area (Å²) in [4.78, 5) is 15.9. The van der Waals surface area contributed by atoms with E-state index in [1.807, 2.05) is 13.0 Å². The average molecular weight is 299 g/mol. The smallest absolute Gasteiger partial charge is 0.227 e. The first-order valence-electron chi connectivity index (χ1n) is 5.69. The van der Waals surface area contributed by atoms with Crippen LogP contribution in [0.25, 0.3) is 0 Å². The van der Waals surface area contributed by atoms with E-state index in [-0.39, 0.29) is 12.0 Å². The van der Waals surface area contributed by atoms with Crippen LogP contribution >= 0.6 is 15.9 Å². The van der Waals surface area contributed by atoms with Crippen LogP contribution in [0.1, 0.15) is 24.8 Å². The van der Waals surface area contributed by atoms with E-state index in [9.17, 15) is 4.79 Å². The Morgan fingerprint density at radius 1 is 1.71 bits per heavy atom. The highest BCUT2D eigenvalue weighted by molar-refractivity contribution is 9.10. The number of carbonyl (C=O) groups excluding carboxylic acids is 1. The van der Waals surface area contributed by atoms with Crippen molar-refractivity contribution >= 4 is 27.5 Å². The van der Waals surface area contributed by atoms with Crippen molar-refractivity contribution < 1.29 is 9.53 Å². The molecule has 1 N–H and O–H groups in total. The zero-order chi connectivity index (χ0) is 12.3. The number of halogens is 1. The lowest BCUT2D eigenvalue weighted by molar-refractivity contribution is -0.118. The van der Waals surface area contributed by atoms with Crippen LogP contribution in [0.5, 0.6) is 0 Å². The normalized spacial score (nSPS) is 19.3. The zero-order valence-corrected chi connectivity index (χ0v) is 11.3. The van der Waals surface area contributed by atoms with Gasteiger partial charge in [-0.2, -0.15) is 0 Å². The number of nitrogens with zero attached hydrogens (tertiary/aromatic N) is 1. The fourth-order valence-corrected chi connectivity index (χ4v) is 2.07. The van der Waals surface area contributed by atoms with E-state index in [1.165, 1.54) is 0 Å². The molecule has 17 heavy (non-hydrogen) atoms. The van der Waals surface area contributed by atoms with Crippen LogP contribution in [0.2, 0.25) is 0 Å². The molecule has 1 fully saturated rings. The summed E-state index contributed by atoms with van der Waals surface area (Å²) in [5.41, 5.74) is 1.73. The molecule has 0 saturated carbocycles. The summed E-state index contributed by atoms with van der Waals surface area (Å²) in [7, 11) is 0. The molecule has 1 aliphatic rings. The minimum Gasteiger partial charge on any atom is -0.378 e. The van der Waals surface area contributed by atoms with Crippen molar-refractivity contribution in [3.63, 3.8) is 0 Å². The molecule has 2 rings (SSSR count). The quantitative estimate of drug-likeness (QED) is 0.873. The standard InChI is InChI=1S/C12H15BrN2O2/c1-8-5-9(7-14-12(8)13)15-11(16)6-10-3-2-4-17-10/h5,7,10H,2-4,6H2,1H3,(H,15,16). The van der Waals surface area contributed by atoms with Gasteiger partial charge in [-0.1, -0.05) is 0 Å². The number of anilines is 1. The average Bonchev–Trinajstić information content (AvgIpc) is 2.76. The Bertz CT molecular complexity index is 417. The highest BCUT2D eigenvalue weighted by Gasteiger charge is 2.19. The third-order valence-corrected chi connectivity index (χ3v) is 3.57. The number of ether oxygens (including phenoxy) is 1. The largest absolute Gasteiger partial charge is 0.378 e. The Morgan fingerprint density at radius 2 is 2.53 bits per heavy atom. The number of pyridine rings is 1. The van der Waals surface area contributed by atoms with Crippen LogP contribution in [-0.4, -0.2) is 23.6 Å². The Kier molecular flexibility index (Phi) is 4.12. The third-order valence-electron chi connectivity index (χ3n) is 2.74. The molecule has 5 heteroatoms. The molecule has 1 aliphatic heterocycles. The van der Waals surface area contributed by atoms with Crippen LogP contribution in [-0.2, 0) is 9.53 Å². The van der Waals surface area contributed by atoms with Crippen molar-refractivity contribution in [3.05, 3.63) is 22.4 Å². The van der Waals surface area contributed by atoms with Gasteiger partial charge in [-0.05, 0) is 47.3 Å². The van der Waals surface area contributed by atoms with Crippen LogP contribution in [0, 0.1) is 6.92 Å². The van der Waals surface area contributed by atoms with Crippen LogP contribution in [0.15, 0.2) is 16.9 Å². The predicted octanol–water partition coefficient (Wildman–Crippen LogP) is 2.66. The lowest BCUT2D eigenvalue weighted by atomic mass is 10.2. The van der Waals surface area contributed by atoms with Crippen molar-refractivity contribution in [1.82, 2.24) is 4.98 Å². The molecule has 92 valence electrons. The Balaban J connectivity index is 1.90. The molecule has 1 unspecified atom stereocenters. The maximum Gasteiger partial charge on any atom is 0.227 e. The fraction of sp³-hybridized carbons (Fsp3) is 0.500. The van der Waals surface area contributed by atoms with Gasteiger partial charge in [0.1, 0.15) is 4.60 Å². The Labute approximate surface area is 109 Å². The first-order valence-corrected chi connectivity index (χ1v) is 6.48. The lowest BCUT2D eigenvalue weighted by Crippen LogP contribution is -2.19. The molecule has 4 nitrogen and oxygen atoms in total. The first-order chi connectivity index (χ1) is 8.15. The van der Waals surface area contributed by atoms with Gasteiger partial charge < -0.3 is 10.1 Å². The zero-order valence-electron chi connectivity index (χ0n) is 9.70. The van der Waals surface area contributed by atoms with Gasteiger partial charge in [-0.25, -0.2) is 4.98 Å². The van der Waals surface area contributed by atoms with Gasteiger partial charge in [0, 0.05) is 6.61 Å². The molecule has 1 amide bonds. The summed E-state index contributed by atoms with van der Waals surface area (Å²) in [5, 5.41) is 2.83. The van der Waals surface area contributed by atoms with Crippen molar-refractivity contribution in [1.29, 1.82) is 0 Å². The molecule has 0 aromatic carbocycles. The minimum atomic E-state index is -0.0135. The molecule has 0 radical (unpaired) electrons. The topological polar surface area (TPSA) is 51.2 Å². The number of rotatable bonds is 3. The number of nitrogens with one attached hydrogen (secondary N) is 1. The van der Waals surface area contributed by atoms with E-state index in [0.717, 1.165) is 35.3 Å². The second-order valence-electron chi connectivity index (χ2n) is 4.22. The van der Waals surface area contributed by atoms with Crippen molar-refractivity contribution in [2.24, 2.45) is 0 Å². The van der Waals surface area contributed by atoms with Gasteiger partial charge in [0.15, 0.2) is 0 Å². The lowest BCUT2D eigenvalue weighted by Gasteiger charge is -2.10. The molecule has 1 atom stereocenters. The molecule has 0 bridgehead atoms. The van der Waals surface area contributed by atoms with Gasteiger partial charge in [-0.15, -0.1) is 0 Å². The molecule has 1 aromatic heterocycles. The van der Waals surface area contributed by atoms with Gasteiger partial charge in [0.05, 0.1) is 24.4 Å². The Morgan fingerprint density at radius 3 is 3.18 bits per heavy atom. The first kappa shape index (κ1) is 12.5. The number of aromatic nitrogens is 1. The van der Waals surface area contributed by atoms with E-state index < -0.39 is 0 Å². The maximum atomic E-state index is 11.7. The van der Waals surface area contributed by atoms with Crippen molar-refractivity contribution in [2.45, 2.75) is 32.3 Å². The van der Waals surface area contributed by atoms with E-state index in [4.69, 9.17) is 4.74 Å². The van der Waals surface area contributed by atoms with Crippen LogP contribution < -0.4 is 5.32 Å². The van der Waals surface area contributed by atoms with E-state index in [0.29, 0.717) is 6.42 Å². The van der Waals surface area contributed by atoms with Crippen LogP contribution in [0.3, 0.4) is 0 Å². The number of carbonyl (C=O) groups is 1. The van der Waals surface area contributed by atoms with Gasteiger partial charge in [0.2, 0.25) is 5.91 Å². The van der Waals surface area contributed by atoms with Crippen LogP contribution in [0.4, 0.5) is 5.69 Å². The fourth-order valence-electron chi connectivity index (χ4n) is 1.85. The molecule has 1 aromatic rings. The number of hydrogen-bond acceptors (Lipinski definition) is 3. The Hall–Kier alpha value is -0.940. The summed E-state index contributed by atoms with van der Waals surface area (Å²) in [6.45, 7) is 2.71. The second kappa shape index (κ2) is 5.60. The third kappa shape index (κ3) is 3.51. The monoisotopic (exact) mass is 298 g/mol. The van der Waals surface area contributed by atoms with E-state index in [1.54, 1.807) is 6.20 Å². The van der Waals surface area contributed by atoms with Gasteiger partial charge in [-0.3, -0.25) is 4.79 Å². The highest BCUT2D eigenvalue weighted by atomic mass is 79.9.